The molecule has 0 N–H and O–H groups in total. The smallest absolute Gasteiger partial charge is 0.306 e. The van der Waals surface area contributed by atoms with Crippen LogP contribution in [0.1, 0.15) is 131 Å². The van der Waals surface area contributed by atoms with E-state index in [1.54, 1.807) is 0 Å². The van der Waals surface area contributed by atoms with Crippen LogP contribution in [0.15, 0.2) is 58.7 Å². The van der Waals surface area contributed by atoms with Crippen molar-refractivity contribution in [1.29, 1.82) is 0 Å². The average Bonchev–Trinajstić information content (AvgIpc) is 2.79. The maximum Gasteiger partial charge on any atom is 0.306 e. The average molecular weight is 483 g/mol. The fourth-order valence-corrected chi connectivity index (χ4v) is 4.80. The van der Waals surface area contributed by atoms with Gasteiger partial charge in [-0.2, -0.15) is 0 Å². The first kappa shape index (κ1) is 31.2. The molecule has 2 heteroatoms. The highest BCUT2D eigenvalue weighted by atomic mass is 16.5. The predicted octanol–water partition coefficient (Wildman–Crippen LogP) is 10.4. The van der Waals surface area contributed by atoms with Crippen molar-refractivity contribution in [2.45, 2.75) is 131 Å². The molecule has 0 unspecified atom stereocenters. The molecule has 0 atom stereocenters. The molecule has 198 valence electrons. The van der Waals surface area contributed by atoms with Gasteiger partial charge in [-0.3, -0.25) is 4.79 Å². The van der Waals surface area contributed by atoms with Crippen LogP contribution in [0.5, 0.6) is 0 Å². The van der Waals surface area contributed by atoms with Crippen molar-refractivity contribution in [1.82, 2.24) is 0 Å². The number of carbonyl (C=O) groups is 1. The summed E-state index contributed by atoms with van der Waals surface area (Å²) in [5.74, 6) is -0.0753. The Morgan fingerprint density at radius 1 is 0.914 bits per heavy atom. The first-order valence-corrected chi connectivity index (χ1v) is 14.3. The molecule has 1 rings (SSSR count). The Hall–Kier alpha value is -1.83. The van der Waals surface area contributed by atoms with Gasteiger partial charge in [0.2, 0.25) is 0 Å². The summed E-state index contributed by atoms with van der Waals surface area (Å²) in [5, 5.41) is 0. The molecule has 0 aromatic heterocycles. The van der Waals surface area contributed by atoms with E-state index >= 15 is 0 Å². The fourth-order valence-electron chi connectivity index (χ4n) is 4.80. The normalized spacial score (nSPS) is 17.1. The Labute approximate surface area is 217 Å². The maximum atomic E-state index is 11.9. The molecule has 0 saturated heterocycles. The molecule has 0 radical (unpaired) electrons. The predicted molar refractivity (Wildman–Crippen MR) is 154 cm³/mol. The van der Waals surface area contributed by atoms with E-state index in [-0.39, 0.29) is 11.4 Å². The van der Waals surface area contributed by atoms with Gasteiger partial charge >= 0.3 is 5.97 Å². The summed E-state index contributed by atoms with van der Waals surface area (Å²) in [6.45, 7) is 13.8. The lowest BCUT2D eigenvalue weighted by Gasteiger charge is -2.32. The highest BCUT2D eigenvalue weighted by molar-refractivity contribution is 5.69. The molecular formula is C33H54O2. The summed E-state index contributed by atoms with van der Waals surface area (Å²) < 4.78 is 5.38. The first-order chi connectivity index (χ1) is 16.8. The molecule has 1 aliphatic rings. The van der Waals surface area contributed by atoms with Gasteiger partial charge in [0, 0.05) is 6.42 Å². The molecule has 35 heavy (non-hydrogen) atoms. The second kappa shape index (κ2) is 18.4. The molecule has 0 heterocycles. The van der Waals surface area contributed by atoms with Crippen molar-refractivity contribution in [3.05, 3.63) is 58.7 Å². The van der Waals surface area contributed by atoms with Crippen LogP contribution in [0.3, 0.4) is 0 Å². The monoisotopic (exact) mass is 482 g/mol. The highest BCUT2D eigenvalue weighted by Crippen LogP contribution is 2.40. The van der Waals surface area contributed by atoms with E-state index in [4.69, 9.17) is 4.74 Å². The number of ether oxygens (including phenoxy) is 1. The van der Waals surface area contributed by atoms with Crippen LogP contribution in [0.4, 0.5) is 0 Å². The molecule has 0 bridgehead atoms. The summed E-state index contributed by atoms with van der Waals surface area (Å²) in [7, 11) is 0. The van der Waals surface area contributed by atoms with Crippen LogP contribution in [0.2, 0.25) is 0 Å². The second-order valence-corrected chi connectivity index (χ2v) is 11.1. The zero-order valence-electron chi connectivity index (χ0n) is 23.9. The molecule has 0 aromatic rings. The molecule has 0 aliphatic heterocycles. The van der Waals surface area contributed by atoms with E-state index in [0.717, 1.165) is 18.4 Å². The highest BCUT2D eigenvalue weighted by Gasteiger charge is 2.26. The molecule has 0 amide bonds. The molecule has 0 spiro atoms. The van der Waals surface area contributed by atoms with Crippen molar-refractivity contribution in [2.24, 2.45) is 5.41 Å². The molecule has 0 aromatic carbocycles. The molecule has 1 aliphatic carbocycles. The minimum atomic E-state index is -0.0753. The van der Waals surface area contributed by atoms with Crippen LogP contribution in [-0.2, 0) is 9.53 Å². The maximum absolute atomic E-state index is 11.9. The van der Waals surface area contributed by atoms with Crippen LogP contribution >= 0.6 is 0 Å². The Balaban J connectivity index is 2.23. The Kier molecular flexibility index (Phi) is 16.4. The quantitative estimate of drug-likeness (QED) is 0.117. The van der Waals surface area contributed by atoms with Crippen LogP contribution < -0.4 is 0 Å². The fraction of sp³-hybridized carbons (Fsp3) is 0.667. The van der Waals surface area contributed by atoms with Gasteiger partial charge in [-0.15, -0.1) is 0 Å². The second-order valence-electron chi connectivity index (χ2n) is 11.1. The molecule has 0 fully saturated rings. The molecule has 0 saturated carbocycles. The SMILES string of the molecule is CCCCCCCCCCCCC(=O)OC/C=C(C)/C=C/C=C(C)/C=C/C1=C(C)CCCC1(C)C. The number of allylic oxidation sites excluding steroid dienone is 9. The number of hydrogen-bond acceptors (Lipinski definition) is 2. The van der Waals surface area contributed by atoms with Gasteiger partial charge in [-0.25, -0.2) is 0 Å². The van der Waals surface area contributed by atoms with Crippen LogP contribution in [0, 0.1) is 5.41 Å². The first-order valence-electron chi connectivity index (χ1n) is 14.3. The number of esters is 1. The number of carbonyl (C=O) groups excluding carboxylic acids is 1. The summed E-state index contributed by atoms with van der Waals surface area (Å²) in [4.78, 5) is 11.9. The summed E-state index contributed by atoms with van der Waals surface area (Å²) in [6, 6.07) is 0. The lowest BCUT2D eigenvalue weighted by Crippen LogP contribution is -2.19. The van der Waals surface area contributed by atoms with Gasteiger partial charge in [0.15, 0.2) is 0 Å². The zero-order chi connectivity index (χ0) is 25.9. The van der Waals surface area contributed by atoms with E-state index in [0.29, 0.717) is 13.0 Å². The standard InChI is InChI=1S/C33H54O2/c1-7-8-9-10-11-12-13-14-15-16-22-32(34)35-27-25-29(3)20-17-19-28(2)23-24-31-30(4)21-18-26-33(31,5)6/h17,19-20,23-25H,7-16,18,21-22,26-27H2,1-6H3/b20-17+,24-23+,28-19+,29-25+. The number of unbranched alkanes of at least 4 members (excludes halogenated alkanes) is 9. The number of rotatable bonds is 17. The third kappa shape index (κ3) is 15.0. The van der Waals surface area contributed by atoms with Gasteiger partial charge < -0.3 is 4.74 Å². The molecular weight excluding hydrogens is 428 g/mol. The van der Waals surface area contributed by atoms with Crippen LogP contribution in [-0.4, -0.2) is 12.6 Å². The Morgan fingerprint density at radius 3 is 2.17 bits per heavy atom. The van der Waals surface area contributed by atoms with Gasteiger partial charge in [0.1, 0.15) is 6.61 Å². The largest absolute Gasteiger partial charge is 0.461 e. The summed E-state index contributed by atoms with van der Waals surface area (Å²) >= 11 is 0. The van der Waals surface area contributed by atoms with Gasteiger partial charge in [0.05, 0.1) is 0 Å². The van der Waals surface area contributed by atoms with Crippen molar-refractivity contribution in [2.75, 3.05) is 6.61 Å². The van der Waals surface area contributed by atoms with E-state index < -0.39 is 0 Å². The van der Waals surface area contributed by atoms with Gasteiger partial charge in [0.25, 0.3) is 0 Å². The van der Waals surface area contributed by atoms with Gasteiger partial charge in [-0.1, -0.05) is 126 Å². The van der Waals surface area contributed by atoms with Crippen molar-refractivity contribution in [3.8, 4) is 0 Å². The van der Waals surface area contributed by atoms with Crippen LogP contribution in [0.25, 0.3) is 0 Å². The topological polar surface area (TPSA) is 26.3 Å². The Bertz CT molecular complexity index is 758. The molecule has 2 nitrogen and oxygen atoms in total. The van der Waals surface area contributed by atoms with Crippen molar-refractivity contribution < 1.29 is 9.53 Å². The number of hydrogen-bond donors (Lipinski definition) is 0. The van der Waals surface area contributed by atoms with E-state index in [1.165, 1.54) is 87.3 Å². The van der Waals surface area contributed by atoms with E-state index in [2.05, 4.69) is 65.0 Å². The summed E-state index contributed by atoms with van der Waals surface area (Å²) in [5.41, 5.74) is 5.65. The summed E-state index contributed by atoms with van der Waals surface area (Å²) in [6.07, 6.45) is 29.9. The lowest BCUT2D eigenvalue weighted by molar-refractivity contribution is -0.142. The third-order valence-corrected chi connectivity index (χ3v) is 7.16. The third-order valence-electron chi connectivity index (χ3n) is 7.16. The minimum Gasteiger partial charge on any atom is -0.461 e. The van der Waals surface area contributed by atoms with Gasteiger partial charge in [-0.05, 0) is 63.5 Å². The van der Waals surface area contributed by atoms with E-state index in [9.17, 15) is 4.79 Å². The minimum absolute atomic E-state index is 0.0753. The van der Waals surface area contributed by atoms with Crippen molar-refractivity contribution >= 4 is 5.97 Å². The van der Waals surface area contributed by atoms with Crippen molar-refractivity contribution in [3.63, 3.8) is 0 Å². The Morgan fingerprint density at radius 2 is 1.54 bits per heavy atom. The lowest BCUT2D eigenvalue weighted by atomic mass is 9.72. The van der Waals surface area contributed by atoms with E-state index in [1.807, 2.05) is 13.0 Å². The zero-order valence-corrected chi connectivity index (χ0v) is 23.9.